The van der Waals surface area contributed by atoms with Crippen LogP contribution in [0.25, 0.3) is 0 Å². The van der Waals surface area contributed by atoms with Gasteiger partial charge in [-0.1, -0.05) is 20.8 Å². The molecule has 15 heavy (non-hydrogen) atoms. The minimum atomic E-state index is -0.656. The summed E-state index contributed by atoms with van der Waals surface area (Å²) >= 11 is 0. The Morgan fingerprint density at radius 1 is 1.53 bits per heavy atom. The van der Waals surface area contributed by atoms with Crippen LogP contribution in [0, 0.1) is 11.3 Å². The number of hydrogen-bond acceptors (Lipinski definition) is 2. The fourth-order valence-corrected chi connectivity index (χ4v) is 2.61. The number of hydrogen-bond donors (Lipinski definition) is 1. The van der Waals surface area contributed by atoms with E-state index in [1.54, 1.807) is 0 Å². The van der Waals surface area contributed by atoms with Crippen molar-refractivity contribution in [3.8, 4) is 0 Å². The first-order valence-electron chi connectivity index (χ1n) is 5.90. The van der Waals surface area contributed by atoms with Crippen molar-refractivity contribution in [2.24, 2.45) is 11.3 Å². The van der Waals surface area contributed by atoms with E-state index in [9.17, 15) is 4.79 Å². The van der Waals surface area contributed by atoms with Crippen molar-refractivity contribution in [3.63, 3.8) is 0 Å². The molecule has 1 heterocycles. The van der Waals surface area contributed by atoms with E-state index in [2.05, 4.69) is 25.7 Å². The SMILES string of the molecule is CCCN1CCC(CC(=O)O)C(C)(C)C1. The minimum Gasteiger partial charge on any atom is -0.481 e. The van der Waals surface area contributed by atoms with Crippen molar-refractivity contribution in [2.45, 2.75) is 40.0 Å². The lowest BCUT2D eigenvalue weighted by Crippen LogP contribution is -2.46. The van der Waals surface area contributed by atoms with Gasteiger partial charge in [0, 0.05) is 13.0 Å². The number of aliphatic carboxylic acids is 1. The van der Waals surface area contributed by atoms with E-state index < -0.39 is 5.97 Å². The van der Waals surface area contributed by atoms with Gasteiger partial charge in [-0.05, 0) is 37.3 Å². The van der Waals surface area contributed by atoms with Crippen LogP contribution in [-0.4, -0.2) is 35.6 Å². The van der Waals surface area contributed by atoms with E-state index in [1.807, 2.05) is 0 Å². The highest BCUT2D eigenvalue weighted by molar-refractivity contribution is 5.67. The molecule has 0 spiro atoms. The van der Waals surface area contributed by atoms with Gasteiger partial charge in [0.05, 0.1) is 0 Å². The smallest absolute Gasteiger partial charge is 0.303 e. The van der Waals surface area contributed by atoms with Gasteiger partial charge in [0.25, 0.3) is 0 Å². The summed E-state index contributed by atoms with van der Waals surface area (Å²) in [5.41, 5.74) is 0.145. The molecule has 1 fully saturated rings. The third-order valence-corrected chi connectivity index (χ3v) is 3.49. The fraction of sp³-hybridized carbons (Fsp3) is 0.917. The first-order chi connectivity index (χ1) is 6.95. The van der Waals surface area contributed by atoms with Gasteiger partial charge < -0.3 is 10.0 Å². The topological polar surface area (TPSA) is 40.5 Å². The zero-order valence-corrected chi connectivity index (χ0v) is 10.1. The van der Waals surface area contributed by atoms with E-state index in [4.69, 9.17) is 5.11 Å². The molecular weight excluding hydrogens is 190 g/mol. The molecule has 0 bridgehead atoms. The second-order valence-electron chi connectivity index (χ2n) is 5.35. The molecule has 0 aromatic heterocycles. The van der Waals surface area contributed by atoms with Crippen LogP contribution in [0.3, 0.4) is 0 Å². The standard InChI is InChI=1S/C12H23NO2/c1-4-6-13-7-5-10(8-11(14)15)12(2,3)9-13/h10H,4-9H2,1-3H3,(H,14,15). The summed E-state index contributed by atoms with van der Waals surface area (Å²) in [7, 11) is 0. The number of likely N-dealkylation sites (tertiary alicyclic amines) is 1. The van der Waals surface area contributed by atoms with Gasteiger partial charge in [0.1, 0.15) is 0 Å². The summed E-state index contributed by atoms with van der Waals surface area (Å²) in [6.45, 7) is 9.83. The fourth-order valence-electron chi connectivity index (χ4n) is 2.61. The van der Waals surface area contributed by atoms with Crippen molar-refractivity contribution in [3.05, 3.63) is 0 Å². The van der Waals surface area contributed by atoms with Crippen LogP contribution in [0.15, 0.2) is 0 Å². The van der Waals surface area contributed by atoms with Gasteiger partial charge in [-0.2, -0.15) is 0 Å². The van der Waals surface area contributed by atoms with Gasteiger partial charge >= 0.3 is 5.97 Å². The molecule has 1 rings (SSSR count). The molecule has 1 N–H and O–H groups in total. The normalized spacial score (nSPS) is 26.5. The highest BCUT2D eigenvalue weighted by Crippen LogP contribution is 2.36. The summed E-state index contributed by atoms with van der Waals surface area (Å²) in [5, 5.41) is 8.85. The van der Waals surface area contributed by atoms with Gasteiger partial charge in [-0.3, -0.25) is 4.79 Å². The summed E-state index contributed by atoms with van der Waals surface area (Å²) in [5.74, 6) is -0.319. The Morgan fingerprint density at radius 3 is 2.67 bits per heavy atom. The Morgan fingerprint density at radius 2 is 2.20 bits per heavy atom. The van der Waals surface area contributed by atoms with Crippen molar-refractivity contribution in [2.75, 3.05) is 19.6 Å². The molecule has 0 saturated carbocycles. The Hall–Kier alpha value is -0.570. The number of carboxylic acids is 1. The molecule has 1 aliphatic heterocycles. The van der Waals surface area contributed by atoms with Crippen LogP contribution in [0.4, 0.5) is 0 Å². The van der Waals surface area contributed by atoms with Crippen LogP contribution >= 0.6 is 0 Å². The maximum absolute atomic E-state index is 10.7. The largest absolute Gasteiger partial charge is 0.481 e. The van der Waals surface area contributed by atoms with Gasteiger partial charge in [0.2, 0.25) is 0 Å². The number of nitrogens with zero attached hydrogens (tertiary/aromatic N) is 1. The number of rotatable bonds is 4. The van der Waals surface area contributed by atoms with Gasteiger partial charge in [-0.25, -0.2) is 0 Å². The number of piperidine rings is 1. The van der Waals surface area contributed by atoms with Crippen molar-refractivity contribution >= 4 is 5.97 Å². The molecule has 3 nitrogen and oxygen atoms in total. The van der Waals surface area contributed by atoms with E-state index in [0.717, 1.165) is 26.1 Å². The number of carbonyl (C=O) groups is 1. The molecule has 1 unspecified atom stereocenters. The Balaban J connectivity index is 2.54. The third-order valence-electron chi connectivity index (χ3n) is 3.49. The zero-order valence-electron chi connectivity index (χ0n) is 10.1. The molecule has 0 aromatic rings. The van der Waals surface area contributed by atoms with Crippen LogP contribution in [0.1, 0.15) is 40.0 Å². The third kappa shape index (κ3) is 3.49. The first kappa shape index (κ1) is 12.5. The molecular formula is C12H23NO2. The predicted molar refractivity (Wildman–Crippen MR) is 60.9 cm³/mol. The molecule has 88 valence electrons. The van der Waals surface area contributed by atoms with Crippen LogP contribution < -0.4 is 0 Å². The van der Waals surface area contributed by atoms with Crippen LogP contribution in [0.5, 0.6) is 0 Å². The average Bonchev–Trinajstić information content (AvgIpc) is 2.09. The van der Waals surface area contributed by atoms with Gasteiger partial charge in [-0.15, -0.1) is 0 Å². The lowest BCUT2D eigenvalue weighted by Gasteiger charge is -2.44. The molecule has 1 saturated heterocycles. The first-order valence-corrected chi connectivity index (χ1v) is 5.90. The predicted octanol–water partition coefficient (Wildman–Crippen LogP) is 2.22. The second kappa shape index (κ2) is 4.97. The van der Waals surface area contributed by atoms with E-state index in [0.29, 0.717) is 12.3 Å². The van der Waals surface area contributed by atoms with Crippen LogP contribution in [-0.2, 0) is 4.79 Å². The molecule has 0 radical (unpaired) electrons. The lowest BCUT2D eigenvalue weighted by atomic mass is 9.72. The molecule has 3 heteroatoms. The maximum Gasteiger partial charge on any atom is 0.303 e. The van der Waals surface area contributed by atoms with E-state index >= 15 is 0 Å². The zero-order chi connectivity index (χ0) is 11.5. The van der Waals surface area contributed by atoms with Crippen LogP contribution in [0.2, 0.25) is 0 Å². The van der Waals surface area contributed by atoms with Gasteiger partial charge in [0.15, 0.2) is 0 Å². The Bertz CT molecular complexity index is 226. The quantitative estimate of drug-likeness (QED) is 0.778. The monoisotopic (exact) mass is 213 g/mol. The minimum absolute atomic E-state index is 0.145. The number of carboxylic acid groups (broad SMARTS) is 1. The molecule has 1 aliphatic rings. The van der Waals surface area contributed by atoms with Crippen molar-refractivity contribution in [1.29, 1.82) is 0 Å². The molecule has 0 aliphatic carbocycles. The van der Waals surface area contributed by atoms with E-state index in [1.165, 1.54) is 6.42 Å². The van der Waals surface area contributed by atoms with Crippen molar-refractivity contribution < 1.29 is 9.90 Å². The average molecular weight is 213 g/mol. The Labute approximate surface area is 92.5 Å². The van der Waals surface area contributed by atoms with E-state index in [-0.39, 0.29) is 5.41 Å². The molecule has 1 atom stereocenters. The second-order valence-corrected chi connectivity index (χ2v) is 5.35. The Kier molecular flexibility index (Phi) is 4.14. The summed E-state index contributed by atoms with van der Waals surface area (Å²) in [6.07, 6.45) is 2.53. The summed E-state index contributed by atoms with van der Waals surface area (Å²) in [6, 6.07) is 0. The van der Waals surface area contributed by atoms with Crippen molar-refractivity contribution in [1.82, 2.24) is 4.90 Å². The summed E-state index contributed by atoms with van der Waals surface area (Å²) in [4.78, 5) is 13.2. The highest BCUT2D eigenvalue weighted by atomic mass is 16.4. The highest BCUT2D eigenvalue weighted by Gasteiger charge is 2.36. The summed E-state index contributed by atoms with van der Waals surface area (Å²) < 4.78 is 0. The maximum atomic E-state index is 10.7. The lowest BCUT2D eigenvalue weighted by molar-refractivity contribution is -0.140. The molecule has 0 amide bonds. The molecule has 0 aromatic carbocycles.